The summed E-state index contributed by atoms with van der Waals surface area (Å²) in [6, 6.07) is 9.60. The number of hydrogen-bond acceptors (Lipinski definition) is 3. The lowest BCUT2D eigenvalue weighted by molar-refractivity contribution is 0.0992. The Hall–Kier alpha value is -2.03. The van der Waals surface area contributed by atoms with Gasteiger partial charge in [-0.15, -0.1) is 0 Å². The zero-order valence-electron chi connectivity index (χ0n) is 15.1. The molecule has 0 fully saturated rings. The molecule has 0 aliphatic heterocycles. The summed E-state index contributed by atoms with van der Waals surface area (Å²) in [6.07, 6.45) is 0. The van der Waals surface area contributed by atoms with Gasteiger partial charge >= 0.3 is 0 Å². The molecule has 0 N–H and O–H groups in total. The SMILES string of the molecule is CC(=O)c1ccc2c(OC(C)(C)C)cccc2c1OC(C)(C)C. The van der Waals surface area contributed by atoms with Gasteiger partial charge in [0.25, 0.3) is 0 Å². The second-order valence-corrected chi connectivity index (χ2v) is 7.78. The lowest BCUT2D eigenvalue weighted by Gasteiger charge is -2.26. The molecule has 0 amide bonds. The van der Waals surface area contributed by atoms with Crippen molar-refractivity contribution in [1.82, 2.24) is 0 Å². The standard InChI is InChI=1S/C20H26O3/c1-13(21)14-11-12-15-16(18(14)23-20(5,6)7)9-8-10-17(15)22-19(2,3)4/h8-12H,1-7H3. The van der Waals surface area contributed by atoms with Crippen LogP contribution in [0.3, 0.4) is 0 Å². The van der Waals surface area contributed by atoms with Gasteiger partial charge < -0.3 is 9.47 Å². The molecular formula is C20H26O3. The van der Waals surface area contributed by atoms with Crippen molar-refractivity contribution in [2.75, 3.05) is 0 Å². The second-order valence-electron chi connectivity index (χ2n) is 7.78. The summed E-state index contributed by atoms with van der Waals surface area (Å²) in [7, 11) is 0. The van der Waals surface area contributed by atoms with Crippen molar-refractivity contribution in [2.24, 2.45) is 0 Å². The fourth-order valence-electron chi connectivity index (χ4n) is 2.41. The number of hydrogen-bond donors (Lipinski definition) is 0. The highest BCUT2D eigenvalue weighted by Gasteiger charge is 2.21. The predicted molar refractivity (Wildman–Crippen MR) is 94.7 cm³/mol. The van der Waals surface area contributed by atoms with Crippen LogP contribution in [0.2, 0.25) is 0 Å². The second kappa shape index (κ2) is 5.88. The summed E-state index contributed by atoms with van der Waals surface area (Å²) < 4.78 is 12.2. The number of carbonyl (C=O) groups is 1. The smallest absolute Gasteiger partial charge is 0.163 e. The van der Waals surface area contributed by atoms with Crippen LogP contribution in [0, 0.1) is 0 Å². The van der Waals surface area contributed by atoms with Crippen LogP contribution in [0.5, 0.6) is 11.5 Å². The highest BCUT2D eigenvalue weighted by atomic mass is 16.5. The maximum absolute atomic E-state index is 12.0. The summed E-state index contributed by atoms with van der Waals surface area (Å²) in [5.74, 6) is 1.42. The third-order valence-corrected chi connectivity index (χ3v) is 3.18. The molecule has 0 bridgehead atoms. The van der Waals surface area contributed by atoms with Crippen LogP contribution in [-0.4, -0.2) is 17.0 Å². The molecule has 0 aromatic heterocycles. The fraction of sp³-hybridized carbons (Fsp3) is 0.450. The van der Waals surface area contributed by atoms with Crippen LogP contribution >= 0.6 is 0 Å². The molecule has 0 unspecified atom stereocenters. The summed E-state index contributed by atoms with van der Waals surface area (Å²) in [6.45, 7) is 13.5. The topological polar surface area (TPSA) is 35.5 Å². The van der Waals surface area contributed by atoms with E-state index in [0.717, 1.165) is 16.5 Å². The third kappa shape index (κ3) is 4.25. The van der Waals surface area contributed by atoms with E-state index in [1.165, 1.54) is 0 Å². The van der Waals surface area contributed by atoms with Gasteiger partial charge in [0.15, 0.2) is 5.78 Å². The maximum Gasteiger partial charge on any atom is 0.163 e. The average molecular weight is 314 g/mol. The summed E-state index contributed by atoms with van der Waals surface area (Å²) in [5, 5.41) is 1.85. The molecule has 2 rings (SSSR count). The average Bonchev–Trinajstić information content (AvgIpc) is 2.35. The van der Waals surface area contributed by atoms with E-state index in [0.29, 0.717) is 11.3 Å². The largest absolute Gasteiger partial charge is 0.488 e. The van der Waals surface area contributed by atoms with Crippen LogP contribution in [-0.2, 0) is 0 Å². The summed E-state index contributed by atoms with van der Waals surface area (Å²) in [5.41, 5.74) is -0.0851. The van der Waals surface area contributed by atoms with Crippen molar-refractivity contribution in [2.45, 2.75) is 59.7 Å². The lowest BCUT2D eigenvalue weighted by atomic mass is 10.0. The molecule has 0 aliphatic carbocycles. The first-order chi connectivity index (χ1) is 10.5. The van der Waals surface area contributed by atoms with Gasteiger partial charge in [-0.25, -0.2) is 0 Å². The molecule has 0 atom stereocenters. The van der Waals surface area contributed by atoms with Gasteiger partial charge in [0.05, 0.1) is 5.56 Å². The van der Waals surface area contributed by atoms with E-state index in [4.69, 9.17) is 9.47 Å². The van der Waals surface area contributed by atoms with Crippen molar-refractivity contribution in [3.63, 3.8) is 0 Å². The minimum absolute atomic E-state index is 0.00621. The minimum atomic E-state index is -0.390. The number of fused-ring (bicyclic) bond motifs is 1. The Bertz CT molecular complexity index is 731. The first kappa shape index (κ1) is 17.3. The van der Waals surface area contributed by atoms with Crippen LogP contribution < -0.4 is 9.47 Å². The molecule has 23 heavy (non-hydrogen) atoms. The van der Waals surface area contributed by atoms with E-state index in [9.17, 15) is 4.79 Å². The molecule has 124 valence electrons. The maximum atomic E-state index is 12.0. The third-order valence-electron chi connectivity index (χ3n) is 3.18. The Kier molecular flexibility index (Phi) is 4.43. The first-order valence-corrected chi connectivity index (χ1v) is 7.93. The Morgan fingerprint density at radius 2 is 1.43 bits per heavy atom. The van der Waals surface area contributed by atoms with Crippen molar-refractivity contribution in [3.8, 4) is 11.5 Å². The highest BCUT2D eigenvalue weighted by molar-refractivity contribution is 6.05. The molecule has 3 nitrogen and oxygen atoms in total. The van der Waals surface area contributed by atoms with Gasteiger partial charge in [-0.1, -0.05) is 12.1 Å². The van der Waals surface area contributed by atoms with Crippen molar-refractivity contribution < 1.29 is 14.3 Å². The van der Waals surface area contributed by atoms with Crippen molar-refractivity contribution in [3.05, 3.63) is 35.9 Å². The van der Waals surface area contributed by atoms with Crippen molar-refractivity contribution >= 4 is 16.6 Å². The summed E-state index contributed by atoms with van der Waals surface area (Å²) in [4.78, 5) is 12.0. The number of ether oxygens (including phenoxy) is 2. The van der Waals surface area contributed by atoms with Crippen LogP contribution in [0.1, 0.15) is 58.8 Å². The lowest BCUT2D eigenvalue weighted by Crippen LogP contribution is -2.24. The number of carbonyl (C=O) groups excluding carboxylic acids is 1. The number of rotatable bonds is 3. The van der Waals surface area contributed by atoms with E-state index in [-0.39, 0.29) is 17.0 Å². The van der Waals surface area contributed by atoms with E-state index >= 15 is 0 Å². The van der Waals surface area contributed by atoms with E-state index in [1.54, 1.807) is 6.92 Å². The van der Waals surface area contributed by atoms with E-state index in [1.807, 2.05) is 71.9 Å². The quantitative estimate of drug-likeness (QED) is 0.712. The van der Waals surface area contributed by atoms with Gasteiger partial charge in [0.2, 0.25) is 0 Å². The van der Waals surface area contributed by atoms with Crippen LogP contribution in [0.4, 0.5) is 0 Å². The normalized spacial score (nSPS) is 12.3. The monoisotopic (exact) mass is 314 g/mol. The van der Waals surface area contributed by atoms with Crippen LogP contribution in [0.15, 0.2) is 30.3 Å². The molecule has 0 saturated carbocycles. The highest BCUT2D eigenvalue weighted by Crippen LogP contribution is 2.38. The van der Waals surface area contributed by atoms with Gasteiger partial charge in [0, 0.05) is 10.8 Å². The van der Waals surface area contributed by atoms with Gasteiger partial charge in [-0.05, 0) is 66.7 Å². The number of benzene rings is 2. The molecular weight excluding hydrogens is 288 g/mol. The molecule has 0 radical (unpaired) electrons. The zero-order valence-corrected chi connectivity index (χ0v) is 15.1. The van der Waals surface area contributed by atoms with Gasteiger partial charge in [-0.2, -0.15) is 0 Å². The van der Waals surface area contributed by atoms with E-state index in [2.05, 4.69) is 0 Å². The molecule has 2 aromatic rings. The zero-order chi connectivity index (χ0) is 17.4. The molecule has 0 saturated heterocycles. The van der Waals surface area contributed by atoms with Crippen molar-refractivity contribution in [1.29, 1.82) is 0 Å². The molecule has 3 heteroatoms. The van der Waals surface area contributed by atoms with E-state index < -0.39 is 0 Å². The fourth-order valence-corrected chi connectivity index (χ4v) is 2.41. The molecule has 0 heterocycles. The van der Waals surface area contributed by atoms with Gasteiger partial charge in [-0.3, -0.25) is 4.79 Å². The Balaban J connectivity index is 2.71. The molecule has 2 aromatic carbocycles. The predicted octanol–water partition coefficient (Wildman–Crippen LogP) is 5.40. The molecule has 0 spiro atoms. The number of ketones is 1. The Morgan fingerprint density at radius 1 is 0.826 bits per heavy atom. The summed E-state index contributed by atoms with van der Waals surface area (Å²) >= 11 is 0. The molecule has 0 aliphatic rings. The Labute approximate surface area is 138 Å². The van der Waals surface area contributed by atoms with Gasteiger partial charge in [0.1, 0.15) is 22.7 Å². The first-order valence-electron chi connectivity index (χ1n) is 7.93. The van der Waals surface area contributed by atoms with Crippen LogP contribution in [0.25, 0.3) is 10.8 Å². The minimum Gasteiger partial charge on any atom is -0.488 e. The number of Topliss-reactive ketones (excluding diaryl/α,β-unsaturated/α-hetero) is 1. The Morgan fingerprint density at radius 3 is 1.96 bits per heavy atom.